The first-order valence-corrected chi connectivity index (χ1v) is 11.6. The number of nitrogens with two attached hydrogens (primary N) is 1. The maximum Gasteiger partial charge on any atom is 0.247 e. The number of amides is 1. The van der Waals surface area contributed by atoms with Gasteiger partial charge in [0.25, 0.3) is 0 Å². The van der Waals surface area contributed by atoms with Crippen LogP contribution in [0, 0.1) is 0 Å². The quantitative estimate of drug-likeness (QED) is 0.340. The predicted molar refractivity (Wildman–Crippen MR) is 140 cm³/mol. The van der Waals surface area contributed by atoms with E-state index in [2.05, 4.69) is 37.1 Å². The fourth-order valence-corrected chi connectivity index (χ4v) is 4.02. The maximum atomic E-state index is 11.7. The van der Waals surface area contributed by atoms with Crippen LogP contribution in [0.3, 0.4) is 0 Å². The Labute approximate surface area is 208 Å². The molecule has 1 aliphatic rings. The van der Waals surface area contributed by atoms with E-state index in [-0.39, 0.29) is 12.0 Å². The van der Waals surface area contributed by atoms with Gasteiger partial charge in [-0.15, -0.1) is 0 Å². The van der Waals surface area contributed by atoms with Crippen molar-refractivity contribution in [2.75, 3.05) is 41.8 Å². The number of benzene rings is 1. The summed E-state index contributed by atoms with van der Waals surface area (Å²) < 4.78 is 5.64. The molecule has 4 heterocycles. The number of rotatable bonds is 7. The zero-order valence-electron chi connectivity index (χ0n) is 19.6. The molecule has 1 saturated heterocycles. The summed E-state index contributed by atoms with van der Waals surface area (Å²) in [5.41, 5.74) is 9.39. The van der Waals surface area contributed by atoms with Gasteiger partial charge < -0.3 is 26.0 Å². The molecule has 10 heteroatoms. The molecule has 0 unspecified atom stereocenters. The van der Waals surface area contributed by atoms with Crippen molar-refractivity contribution in [2.24, 2.45) is 5.73 Å². The topological polar surface area (TPSA) is 131 Å². The van der Waals surface area contributed by atoms with E-state index >= 15 is 0 Å². The highest BCUT2D eigenvalue weighted by molar-refractivity contribution is 5.99. The van der Waals surface area contributed by atoms with Crippen molar-refractivity contribution >= 4 is 40.0 Å². The third-order valence-electron chi connectivity index (χ3n) is 5.83. The van der Waals surface area contributed by atoms with Crippen molar-refractivity contribution < 1.29 is 9.53 Å². The van der Waals surface area contributed by atoms with E-state index in [9.17, 15) is 4.79 Å². The monoisotopic (exact) mass is 482 g/mol. The van der Waals surface area contributed by atoms with Crippen LogP contribution in [0.25, 0.3) is 22.2 Å². The zero-order chi connectivity index (χ0) is 24.9. The number of ether oxygens (including phenoxy) is 1. The smallest absolute Gasteiger partial charge is 0.247 e. The van der Waals surface area contributed by atoms with Crippen LogP contribution in [0.5, 0.6) is 0 Å². The van der Waals surface area contributed by atoms with E-state index in [1.165, 1.54) is 6.08 Å². The number of carbonyl (C=O) groups excluding carboxylic acids is 1. The van der Waals surface area contributed by atoms with Crippen molar-refractivity contribution in [1.29, 1.82) is 0 Å². The van der Waals surface area contributed by atoms with Gasteiger partial charge in [-0.3, -0.25) is 9.78 Å². The van der Waals surface area contributed by atoms with Gasteiger partial charge in [-0.2, -0.15) is 0 Å². The molecule has 5 rings (SSSR count). The third kappa shape index (κ3) is 5.14. The number of anilines is 4. The molecule has 1 aromatic carbocycles. The molecule has 3 aromatic heterocycles. The zero-order valence-corrected chi connectivity index (χ0v) is 19.6. The molecule has 1 amide bonds. The minimum absolute atomic E-state index is 0.0204. The van der Waals surface area contributed by atoms with Crippen LogP contribution in [0.15, 0.2) is 73.7 Å². The number of nitrogens with zero attached hydrogens (tertiary/aromatic N) is 5. The van der Waals surface area contributed by atoms with E-state index in [1.54, 1.807) is 30.7 Å². The minimum atomic E-state index is -0.286. The number of fused-ring (bicyclic) bond motifs is 1. The van der Waals surface area contributed by atoms with E-state index in [1.807, 2.05) is 30.3 Å². The van der Waals surface area contributed by atoms with Gasteiger partial charge in [0, 0.05) is 48.7 Å². The molecular formula is C26H26N8O2. The Bertz CT molecular complexity index is 1390. The second-order valence-corrected chi connectivity index (χ2v) is 8.26. The number of morpholine rings is 1. The van der Waals surface area contributed by atoms with E-state index in [0.29, 0.717) is 30.5 Å². The van der Waals surface area contributed by atoms with Gasteiger partial charge in [-0.25, -0.2) is 15.0 Å². The van der Waals surface area contributed by atoms with Crippen molar-refractivity contribution in [2.45, 2.75) is 6.10 Å². The Morgan fingerprint density at radius 1 is 1.17 bits per heavy atom. The molecule has 4 N–H and O–H groups in total. The summed E-state index contributed by atoms with van der Waals surface area (Å²) in [5, 5.41) is 6.87. The molecule has 182 valence electrons. The molecule has 0 bridgehead atoms. The van der Waals surface area contributed by atoms with E-state index in [4.69, 9.17) is 15.5 Å². The molecule has 1 fully saturated rings. The second kappa shape index (κ2) is 10.5. The summed E-state index contributed by atoms with van der Waals surface area (Å²) in [6.45, 7) is 6.11. The number of aromatic nitrogens is 4. The lowest BCUT2D eigenvalue weighted by Crippen LogP contribution is -2.46. The summed E-state index contributed by atoms with van der Waals surface area (Å²) in [6, 6.07) is 13.2. The maximum absolute atomic E-state index is 11.7. The van der Waals surface area contributed by atoms with Crippen LogP contribution in [-0.2, 0) is 9.53 Å². The first-order valence-electron chi connectivity index (χ1n) is 11.6. The lowest BCUT2D eigenvalue weighted by molar-refractivity contribution is -0.111. The Balaban J connectivity index is 1.38. The first-order chi connectivity index (χ1) is 17.6. The van der Waals surface area contributed by atoms with Gasteiger partial charge in [0.15, 0.2) is 0 Å². The van der Waals surface area contributed by atoms with Gasteiger partial charge >= 0.3 is 0 Å². The average molecular weight is 483 g/mol. The van der Waals surface area contributed by atoms with Crippen LogP contribution in [0.4, 0.5) is 23.1 Å². The summed E-state index contributed by atoms with van der Waals surface area (Å²) in [5.74, 6) is 1.03. The highest BCUT2D eigenvalue weighted by Crippen LogP contribution is 2.28. The Morgan fingerprint density at radius 3 is 2.89 bits per heavy atom. The average Bonchev–Trinajstić information content (AvgIpc) is 2.93. The normalized spacial score (nSPS) is 15.5. The Kier molecular flexibility index (Phi) is 6.78. The molecule has 4 aromatic rings. The van der Waals surface area contributed by atoms with Crippen LogP contribution >= 0.6 is 0 Å². The largest absolute Gasteiger partial charge is 0.373 e. The van der Waals surface area contributed by atoms with Crippen LogP contribution in [-0.4, -0.2) is 58.2 Å². The third-order valence-corrected chi connectivity index (χ3v) is 5.83. The summed E-state index contributed by atoms with van der Waals surface area (Å²) in [4.78, 5) is 32.2. The lowest BCUT2D eigenvalue weighted by atomic mass is 10.1. The number of nitrogens with one attached hydrogen (secondary N) is 2. The van der Waals surface area contributed by atoms with Gasteiger partial charge in [0.2, 0.25) is 11.9 Å². The number of hydrogen-bond donors (Lipinski definition) is 3. The summed E-state index contributed by atoms with van der Waals surface area (Å²) >= 11 is 0. The highest BCUT2D eigenvalue weighted by Gasteiger charge is 2.20. The van der Waals surface area contributed by atoms with Crippen LogP contribution in [0.2, 0.25) is 0 Å². The van der Waals surface area contributed by atoms with E-state index in [0.717, 1.165) is 41.1 Å². The molecule has 0 aliphatic carbocycles. The van der Waals surface area contributed by atoms with Gasteiger partial charge in [0.1, 0.15) is 5.82 Å². The fourth-order valence-electron chi connectivity index (χ4n) is 4.02. The molecule has 1 aliphatic heterocycles. The fraction of sp³-hybridized carbons (Fsp3) is 0.192. The van der Waals surface area contributed by atoms with Crippen LogP contribution in [0.1, 0.15) is 0 Å². The van der Waals surface area contributed by atoms with Gasteiger partial charge in [0.05, 0.1) is 35.8 Å². The molecule has 1 atom stereocenters. The molecule has 0 saturated carbocycles. The number of para-hydroxylation sites is 1. The SMILES string of the molecule is C=CC(=O)Nc1ccnc(-c2cccc3cnc(Nc4ccc(N5CCO[C@@H](CN)C5)nc4)nc23)c1. The number of hydrogen-bond acceptors (Lipinski definition) is 9. The van der Waals surface area contributed by atoms with Crippen molar-refractivity contribution in [1.82, 2.24) is 19.9 Å². The molecular weight excluding hydrogens is 456 g/mol. The molecule has 0 radical (unpaired) electrons. The Hall–Kier alpha value is -4.41. The van der Waals surface area contributed by atoms with Crippen molar-refractivity contribution in [3.05, 3.63) is 73.7 Å². The van der Waals surface area contributed by atoms with Crippen molar-refractivity contribution in [3.8, 4) is 11.3 Å². The Morgan fingerprint density at radius 2 is 2.08 bits per heavy atom. The van der Waals surface area contributed by atoms with Crippen LogP contribution < -0.4 is 21.3 Å². The molecule has 10 nitrogen and oxygen atoms in total. The van der Waals surface area contributed by atoms with Gasteiger partial charge in [-0.05, 0) is 30.3 Å². The number of carbonyl (C=O) groups is 1. The van der Waals surface area contributed by atoms with E-state index < -0.39 is 0 Å². The standard InChI is InChI=1S/C26H26N8O2/c1-2-24(35)31-18-8-9-28-22(12-18)21-5-3-4-17-14-30-26(33-25(17)21)32-19-6-7-23(29-15-19)34-10-11-36-20(13-27)16-34/h2-9,12,14-15,20H,1,10-11,13,16,27H2,(H,28,31,35)(H,30,32,33)/t20-/m0/s1. The summed E-state index contributed by atoms with van der Waals surface area (Å²) in [6.07, 6.45) is 6.41. The lowest BCUT2D eigenvalue weighted by Gasteiger charge is -2.33. The predicted octanol–water partition coefficient (Wildman–Crippen LogP) is 3.12. The molecule has 36 heavy (non-hydrogen) atoms. The minimum Gasteiger partial charge on any atom is -0.373 e. The second-order valence-electron chi connectivity index (χ2n) is 8.26. The summed E-state index contributed by atoms with van der Waals surface area (Å²) in [7, 11) is 0. The van der Waals surface area contributed by atoms with Gasteiger partial charge in [-0.1, -0.05) is 24.8 Å². The molecule has 0 spiro atoms. The number of pyridine rings is 2. The van der Waals surface area contributed by atoms with Crippen molar-refractivity contribution in [3.63, 3.8) is 0 Å². The first kappa shape index (κ1) is 23.3. The highest BCUT2D eigenvalue weighted by atomic mass is 16.5.